The lowest BCUT2D eigenvalue weighted by Crippen LogP contribution is -2.35. The normalized spacial score (nSPS) is 14.0. The van der Waals surface area contributed by atoms with Crippen LogP contribution < -0.4 is 10.2 Å². The molecule has 2 rings (SSSR count). The smallest absolute Gasteiger partial charge is 0.107 e. The van der Waals surface area contributed by atoms with Crippen LogP contribution in [0.2, 0.25) is 0 Å². The molecule has 15 heavy (non-hydrogen) atoms. The molecule has 0 saturated heterocycles. The van der Waals surface area contributed by atoms with E-state index in [-0.39, 0.29) is 6.67 Å². The molecule has 0 unspecified atom stereocenters. The van der Waals surface area contributed by atoms with Crippen LogP contribution in [-0.2, 0) is 0 Å². The number of halogens is 1. The number of benzene rings is 1. The third kappa shape index (κ3) is 1.86. The van der Waals surface area contributed by atoms with Gasteiger partial charge in [-0.1, -0.05) is 0 Å². The first-order valence-corrected chi connectivity index (χ1v) is 4.94. The van der Waals surface area contributed by atoms with Gasteiger partial charge in [0, 0.05) is 19.6 Å². The maximum absolute atomic E-state index is 12.3. The molecular formula is C11H12FN3. The molecule has 3 nitrogen and oxygen atoms in total. The molecule has 0 fully saturated rings. The first-order chi connectivity index (χ1) is 7.35. The Morgan fingerprint density at radius 3 is 3.13 bits per heavy atom. The molecule has 0 radical (unpaired) electrons. The number of rotatable bonds is 2. The topological polar surface area (TPSA) is 39.1 Å². The van der Waals surface area contributed by atoms with Crippen molar-refractivity contribution in [3.63, 3.8) is 0 Å². The summed E-state index contributed by atoms with van der Waals surface area (Å²) in [5.41, 5.74) is 2.52. The molecule has 0 bridgehead atoms. The predicted octanol–water partition coefficient (Wildman–Crippen LogP) is 1.76. The summed E-state index contributed by atoms with van der Waals surface area (Å²) < 4.78 is 12.3. The highest BCUT2D eigenvalue weighted by molar-refractivity contribution is 5.73. The average molecular weight is 205 g/mol. The van der Waals surface area contributed by atoms with E-state index in [0.717, 1.165) is 24.5 Å². The minimum absolute atomic E-state index is 0.365. The van der Waals surface area contributed by atoms with Crippen molar-refractivity contribution in [2.45, 2.75) is 0 Å². The highest BCUT2D eigenvalue weighted by Gasteiger charge is 2.16. The molecule has 1 aliphatic heterocycles. The fourth-order valence-corrected chi connectivity index (χ4v) is 1.79. The van der Waals surface area contributed by atoms with Crippen molar-refractivity contribution in [1.82, 2.24) is 0 Å². The summed E-state index contributed by atoms with van der Waals surface area (Å²) in [6.07, 6.45) is 0. The van der Waals surface area contributed by atoms with Crippen molar-refractivity contribution in [2.75, 3.05) is 36.5 Å². The number of fused-ring (bicyclic) bond motifs is 1. The van der Waals surface area contributed by atoms with Crippen molar-refractivity contribution in [3.05, 3.63) is 23.8 Å². The Kier molecular flexibility index (Phi) is 2.72. The van der Waals surface area contributed by atoms with Crippen molar-refractivity contribution in [2.24, 2.45) is 0 Å². The van der Waals surface area contributed by atoms with Crippen LogP contribution in [-0.4, -0.2) is 26.3 Å². The number of alkyl halides is 1. The monoisotopic (exact) mass is 205 g/mol. The Labute approximate surface area is 88.1 Å². The molecule has 78 valence electrons. The van der Waals surface area contributed by atoms with Crippen LogP contribution in [0.1, 0.15) is 5.56 Å². The predicted molar refractivity (Wildman–Crippen MR) is 57.8 cm³/mol. The molecule has 0 aliphatic carbocycles. The van der Waals surface area contributed by atoms with Gasteiger partial charge >= 0.3 is 0 Å². The van der Waals surface area contributed by atoms with E-state index >= 15 is 0 Å². The standard InChI is InChI=1S/C11H12FN3/c12-3-5-15-6-4-14-10-2-1-9(8-13)7-11(10)15/h1-2,7,14H,3-6H2. The lowest BCUT2D eigenvalue weighted by molar-refractivity contribution is 0.490. The summed E-state index contributed by atoms with van der Waals surface area (Å²) in [6.45, 7) is 1.63. The van der Waals surface area contributed by atoms with Gasteiger partial charge in [0.2, 0.25) is 0 Å². The maximum Gasteiger partial charge on any atom is 0.107 e. The van der Waals surface area contributed by atoms with Crippen LogP contribution in [0, 0.1) is 11.3 Å². The van der Waals surface area contributed by atoms with Gasteiger partial charge in [-0.05, 0) is 18.2 Å². The minimum Gasteiger partial charge on any atom is -0.382 e. The highest BCUT2D eigenvalue weighted by Crippen LogP contribution is 2.29. The third-order valence-electron chi connectivity index (χ3n) is 2.52. The molecule has 1 heterocycles. The molecule has 1 aromatic carbocycles. The van der Waals surface area contributed by atoms with Crippen molar-refractivity contribution < 1.29 is 4.39 Å². The number of hydrogen-bond donors (Lipinski definition) is 1. The number of anilines is 2. The summed E-state index contributed by atoms with van der Waals surface area (Å²) in [4.78, 5) is 1.96. The molecule has 0 amide bonds. The van der Waals surface area contributed by atoms with E-state index in [4.69, 9.17) is 5.26 Å². The third-order valence-corrected chi connectivity index (χ3v) is 2.52. The zero-order valence-electron chi connectivity index (χ0n) is 8.33. The van der Waals surface area contributed by atoms with Crippen LogP contribution in [0.3, 0.4) is 0 Å². The number of nitrogens with one attached hydrogen (secondary N) is 1. The Hall–Kier alpha value is -1.76. The van der Waals surface area contributed by atoms with Gasteiger partial charge in [0.05, 0.1) is 23.0 Å². The Bertz CT molecular complexity index is 397. The Morgan fingerprint density at radius 2 is 2.40 bits per heavy atom. The molecule has 0 aromatic heterocycles. The number of nitrogens with zero attached hydrogens (tertiary/aromatic N) is 2. The Morgan fingerprint density at radius 1 is 1.53 bits per heavy atom. The van der Waals surface area contributed by atoms with Gasteiger partial charge in [0.1, 0.15) is 6.67 Å². The van der Waals surface area contributed by atoms with E-state index in [0.29, 0.717) is 12.1 Å². The number of nitriles is 1. The van der Waals surface area contributed by atoms with Crippen molar-refractivity contribution >= 4 is 11.4 Å². The molecule has 1 N–H and O–H groups in total. The largest absolute Gasteiger partial charge is 0.382 e. The lowest BCUT2D eigenvalue weighted by Gasteiger charge is -2.31. The lowest BCUT2D eigenvalue weighted by atomic mass is 10.1. The van der Waals surface area contributed by atoms with Gasteiger partial charge in [-0.2, -0.15) is 5.26 Å². The maximum atomic E-state index is 12.3. The van der Waals surface area contributed by atoms with Gasteiger partial charge in [-0.3, -0.25) is 0 Å². The van der Waals surface area contributed by atoms with E-state index < -0.39 is 0 Å². The number of hydrogen-bond acceptors (Lipinski definition) is 3. The van der Waals surface area contributed by atoms with Gasteiger partial charge in [0.25, 0.3) is 0 Å². The quantitative estimate of drug-likeness (QED) is 0.799. The summed E-state index contributed by atoms with van der Waals surface area (Å²) >= 11 is 0. The summed E-state index contributed by atoms with van der Waals surface area (Å²) in [5.74, 6) is 0. The van der Waals surface area contributed by atoms with Gasteiger partial charge < -0.3 is 10.2 Å². The van der Waals surface area contributed by atoms with Crippen LogP contribution in [0.4, 0.5) is 15.8 Å². The summed E-state index contributed by atoms with van der Waals surface area (Å²) in [7, 11) is 0. The molecule has 0 atom stereocenters. The molecule has 0 spiro atoms. The zero-order chi connectivity index (χ0) is 10.7. The second-order valence-corrected chi connectivity index (χ2v) is 3.45. The Balaban J connectivity index is 2.36. The average Bonchev–Trinajstić information content (AvgIpc) is 2.29. The minimum atomic E-state index is -0.365. The second-order valence-electron chi connectivity index (χ2n) is 3.45. The SMILES string of the molecule is N#Cc1ccc2c(c1)N(CCF)CCN2. The van der Waals surface area contributed by atoms with Crippen LogP contribution in [0.5, 0.6) is 0 Å². The van der Waals surface area contributed by atoms with Crippen LogP contribution in [0.25, 0.3) is 0 Å². The molecular weight excluding hydrogens is 193 g/mol. The molecule has 0 saturated carbocycles. The fraction of sp³-hybridized carbons (Fsp3) is 0.364. The molecule has 1 aromatic rings. The second kappa shape index (κ2) is 4.18. The van der Waals surface area contributed by atoms with Crippen molar-refractivity contribution in [3.8, 4) is 6.07 Å². The first-order valence-electron chi connectivity index (χ1n) is 4.94. The summed E-state index contributed by atoms with van der Waals surface area (Å²) in [6, 6.07) is 7.54. The van der Waals surface area contributed by atoms with Gasteiger partial charge in [-0.25, -0.2) is 4.39 Å². The van der Waals surface area contributed by atoms with Crippen LogP contribution >= 0.6 is 0 Å². The van der Waals surface area contributed by atoms with E-state index in [2.05, 4.69) is 11.4 Å². The van der Waals surface area contributed by atoms with Crippen LogP contribution in [0.15, 0.2) is 18.2 Å². The fourth-order valence-electron chi connectivity index (χ4n) is 1.79. The van der Waals surface area contributed by atoms with Gasteiger partial charge in [-0.15, -0.1) is 0 Å². The summed E-state index contributed by atoms with van der Waals surface area (Å²) in [5, 5.41) is 12.0. The van der Waals surface area contributed by atoms with Crippen molar-refractivity contribution in [1.29, 1.82) is 5.26 Å². The van der Waals surface area contributed by atoms with E-state index in [1.165, 1.54) is 0 Å². The van der Waals surface area contributed by atoms with E-state index in [1.54, 1.807) is 12.1 Å². The van der Waals surface area contributed by atoms with E-state index in [1.807, 2.05) is 11.0 Å². The zero-order valence-corrected chi connectivity index (χ0v) is 8.33. The molecule has 4 heteroatoms. The first kappa shape index (κ1) is 9.78. The molecule has 1 aliphatic rings. The highest BCUT2D eigenvalue weighted by atomic mass is 19.1. The van der Waals surface area contributed by atoms with E-state index in [9.17, 15) is 4.39 Å². The van der Waals surface area contributed by atoms with Gasteiger partial charge in [0.15, 0.2) is 0 Å².